The Labute approximate surface area is 217 Å². The topological polar surface area (TPSA) is 138 Å². The van der Waals surface area contributed by atoms with Crippen LogP contribution in [0.25, 0.3) is 0 Å². The summed E-state index contributed by atoms with van der Waals surface area (Å²) in [5.41, 5.74) is 2.24. The zero-order valence-electron chi connectivity index (χ0n) is 20.3. The van der Waals surface area contributed by atoms with Gasteiger partial charge in [0.2, 0.25) is 5.95 Å². The Hall–Kier alpha value is -4.44. The highest BCUT2D eigenvalue weighted by atomic mass is 19.4. The molecule has 0 fully saturated rings. The van der Waals surface area contributed by atoms with Gasteiger partial charge in [0.1, 0.15) is 5.82 Å². The molecule has 11 nitrogen and oxygen atoms in total. The molecule has 3 aromatic heterocycles. The van der Waals surface area contributed by atoms with Crippen LogP contribution in [0.5, 0.6) is 0 Å². The number of aryl methyl sites for hydroxylation is 1. The number of carbonyl (C=O) groups is 2. The minimum absolute atomic E-state index is 0.767. The lowest BCUT2D eigenvalue weighted by Crippen LogP contribution is -2.34. The monoisotopic (exact) mass is 563 g/mol. The van der Waals surface area contributed by atoms with Crippen molar-refractivity contribution < 1.29 is 46.1 Å². The SMILES string of the molecule is Cc1ccc2c(n1)N(CCn1cccn1)CCN(c1ncccn1)C2.O=C(O)C(F)(F)F.O=C(O)C(F)(F)F. The average molecular weight is 563 g/mol. The summed E-state index contributed by atoms with van der Waals surface area (Å²) in [6, 6.07) is 8.03. The minimum atomic E-state index is -5.08. The molecule has 0 unspecified atom stereocenters. The van der Waals surface area contributed by atoms with Gasteiger partial charge in [0.05, 0.1) is 6.54 Å². The van der Waals surface area contributed by atoms with E-state index in [9.17, 15) is 26.3 Å². The molecule has 0 radical (unpaired) electrons. The molecule has 0 spiro atoms. The van der Waals surface area contributed by atoms with E-state index in [4.69, 9.17) is 24.8 Å². The Kier molecular flexibility index (Phi) is 10.6. The Bertz CT molecular complexity index is 1180. The molecule has 0 aliphatic carbocycles. The number of alkyl halides is 6. The van der Waals surface area contributed by atoms with Gasteiger partial charge in [-0.1, -0.05) is 6.07 Å². The molecule has 1 aliphatic heterocycles. The summed E-state index contributed by atoms with van der Waals surface area (Å²) >= 11 is 0. The summed E-state index contributed by atoms with van der Waals surface area (Å²) in [5, 5.41) is 18.5. The molecule has 4 heterocycles. The van der Waals surface area contributed by atoms with Crippen LogP contribution in [-0.4, -0.2) is 78.9 Å². The van der Waals surface area contributed by atoms with Gasteiger partial charge < -0.3 is 20.0 Å². The van der Waals surface area contributed by atoms with Gasteiger partial charge in [-0.25, -0.2) is 24.5 Å². The molecular weight excluding hydrogens is 540 g/mol. The molecular formula is C22H23F6N7O4. The molecule has 0 saturated heterocycles. The molecule has 1 aliphatic rings. The second-order valence-electron chi connectivity index (χ2n) is 7.77. The van der Waals surface area contributed by atoms with Crippen LogP contribution in [0.4, 0.5) is 38.1 Å². The second-order valence-corrected chi connectivity index (χ2v) is 7.77. The zero-order chi connectivity index (χ0) is 29.2. The molecule has 0 amide bonds. The number of aliphatic carboxylic acids is 2. The van der Waals surface area contributed by atoms with Crippen LogP contribution in [0.2, 0.25) is 0 Å². The van der Waals surface area contributed by atoms with E-state index in [0.29, 0.717) is 0 Å². The zero-order valence-corrected chi connectivity index (χ0v) is 20.3. The summed E-state index contributed by atoms with van der Waals surface area (Å²) in [4.78, 5) is 36.0. The van der Waals surface area contributed by atoms with Gasteiger partial charge in [-0.2, -0.15) is 31.4 Å². The van der Waals surface area contributed by atoms with Gasteiger partial charge in [-0.3, -0.25) is 4.68 Å². The number of fused-ring (bicyclic) bond motifs is 1. The molecule has 17 heteroatoms. The third-order valence-corrected chi connectivity index (χ3v) is 4.87. The van der Waals surface area contributed by atoms with E-state index >= 15 is 0 Å². The number of pyridine rings is 1. The average Bonchev–Trinajstić information content (AvgIpc) is 3.31. The number of carboxylic acids is 2. The molecule has 0 atom stereocenters. The van der Waals surface area contributed by atoms with Gasteiger partial charge >= 0.3 is 24.3 Å². The summed E-state index contributed by atoms with van der Waals surface area (Å²) in [5.74, 6) is -3.69. The predicted octanol–water partition coefficient (Wildman–Crippen LogP) is 3.17. The number of carboxylic acid groups (broad SMARTS) is 2. The second kappa shape index (κ2) is 13.4. The van der Waals surface area contributed by atoms with E-state index in [-0.39, 0.29) is 0 Å². The van der Waals surface area contributed by atoms with Crippen molar-refractivity contribution in [1.29, 1.82) is 0 Å². The quantitative estimate of drug-likeness (QED) is 0.456. The third kappa shape index (κ3) is 10.1. The minimum Gasteiger partial charge on any atom is -0.475 e. The maximum atomic E-state index is 10.6. The van der Waals surface area contributed by atoms with Crippen molar-refractivity contribution in [1.82, 2.24) is 24.7 Å². The normalized spacial score (nSPS) is 13.2. The van der Waals surface area contributed by atoms with Crippen molar-refractivity contribution in [2.24, 2.45) is 0 Å². The fourth-order valence-electron chi connectivity index (χ4n) is 3.10. The number of anilines is 2. The van der Waals surface area contributed by atoms with Gasteiger partial charge in [0.25, 0.3) is 0 Å². The lowest BCUT2D eigenvalue weighted by molar-refractivity contribution is -0.193. The van der Waals surface area contributed by atoms with E-state index in [0.717, 1.165) is 50.2 Å². The maximum absolute atomic E-state index is 10.6. The van der Waals surface area contributed by atoms with Gasteiger partial charge in [-0.05, 0) is 25.1 Å². The van der Waals surface area contributed by atoms with Crippen LogP contribution in [0, 0.1) is 6.92 Å². The Balaban J connectivity index is 0.000000317. The maximum Gasteiger partial charge on any atom is 0.490 e. The predicted molar refractivity (Wildman–Crippen MR) is 124 cm³/mol. The van der Waals surface area contributed by atoms with Crippen molar-refractivity contribution >= 4 is 23.7 Å². The molecule has 0 bridgehead atoms. The van der Waals surface area contributed by atoms with Crippen LogP contribution in [-0.2, 0) is 22.7 Å². The van der Waals surface area contributed by atoms with Crippen molar-refractivity contribution in [2.75, 3.05) is 29.4 Å². The molecule has 2 N–H and O–H groups in total. The largest absolute Gasteiger partial charge is 0.490 e. The summed E-state index contributed by atoms with van der Waals surface area (Å²) in [6.45, 7) is 6.25. The highest BCUT2D eigenvalue weighted by Crippen LogP contribution is 2.25. The number of hydrogen-bond acceptors (Lipinski definition) is 8. The molecule has 4 rings (SSSR count). The molecule has 0 aromatic carbocycles. The van der Waals surface area contributed by atoms with Crippen molar-refractivity contribution in [3.05, 3.63) is 60.3 Å². The Morgan fingerprint density at radius 3 is 2.00 bits per heavy atom. The van der Waals surface area contributed by atoms with Crippen molar-refractivity contribution in [2.45, 2.75) is 32.4 Å². The highest BCUT2D eigenvalue weighted by Gasteiger charge is 2.38. The summed E-state index contributed by atoms with van der Waals surface area (Å²) in [6.07, 6.45) is -2.78. The van der Waals surface area contributed by atoms with Gasteiger partial charge in [0.15, 0.2) is 0 Å². The first-order chi connectivity index (χ1) is 18.2. The van der Waals surface area contributed by atoms with Crippen molar-refractivity contribution in [3.8, 4) is 0 Å². The molecule has 39 heavy (non-hydrogen) atoms. The fraction of sp³-hybridized carbons (Fsp3) is 0.364. The lowest BCUT2D eigenvalue weighted by atomic mass is 10.2. The van der Waals surface area contributed by atoms with Crippen LogP contribution in [0.15, 0.2) is 49.1 Å². The van der Waals surface area contributed by atoms with E-state index in [1.54, 1.807) is 12.4 Å². The standard InChI is InChI=1S/C18H21N7.2C2HF3O2/c1-15-4-5-16-14-24(18-19-6-2-7-20-18)11-10-23(17(16)22-15)12-13-25-9-3-8-21-25;2*3-2(4,5)1(6)7/h2-9H,10-14H2,1H3;2*(H,6,7). The van der Waals surface area contributed by atoms with Crippen LogP contribution in [0.3, 0.4) is 0 Å². The highest BCUT2D eigenvalue weighted by molar-refractivity contribution is 5.73. The first-order valence-electron chi connectivity index (χ1n) is 11.0. The number of aromatic nitrogens is 5. The lowest BCUT2D eigenvalue weighted by Gasteiger charge is -2.24. The number of nitrogens with zero attached hydrogens (tertiary/aromatic N) is 7. The molecule has 0 saturated carbocycles. The van der Waals surface area contributed by atoms with E-state index < -0.39 is 24.3 Å². The van der Waals surface area contributed by atoms with Crippen molar-refractivity contribution in [3.63, 3.8) is 0 Å². The van der Waals surface area contributed by atoms with Crippen LogP contribution < -0.4 is 9.80 Å². The number of halogens is 6. The Morgan fingerprint density at radius 2 is 1.49 bits per heavy atom. The smallest absolute Gasteiger partial charge is 0.475 e. The third-order valence-electron chi connectivity index (χ3n) is 4.87. The van der Waals surface area contributed by atoms with Gasteiger partial charge in [-0.15, -0.1) is 0 Å². The van der Waals surface area contributed by atoms with E-state index in [1.165, 1.54) is 5.56 Å². The van der Waals surface area contributed by atoms with E-state index in [1.807, 2.05) is 36.1 Å². The number of hydrogen-bond donors (Lipinski definition) is 2. The van der Waals surface area contributed by atoms with Gasteiger partial charge in [0, 0.05) is 62.2 Å². The van der Waals surface area contributed by atoms with E-state index in [2.05, 4.69) is 37.0 Å². The van der Waals surface area contributed by atoms with Crippen LogP contribution >= 0.6 is 0 Å². The number of rotatable bonds is 4. The first-order valence-corrected chi connectivity index (χ1v) is 11.0. The summed E-state index contributed by atoms with van der Waals surface area (Å²) < 4.78 is 65.4. The fourth-order valence-corrected chi connectivity index (χ4v) is 3.10. The summed E-state index contributed by atoms with van der Waals surface area (Å²) in [7, 11) is 0. The first kappa shape index (κ1) is 30.8. The van der Waals surface area contributed by atoms with Crippen LogP contribution in [0.1, 0.15) is 11.3 Å². The molecule has 3 aromatic rings. The Morgan fingerprint density at radius 1 is 0.897 bits per heavy atom. The molecule has 212 valence electrons.